The monoisotopic (exact) mass is 369 g/mol. The third-order valence-corrected chi connectivity index (χ3v) is 4.16. The quantitative estimate of drug-likeness (QED) is 0.651. The molecule has 2 rings (SSSR count). The van der Waals surface area contributed by atoms with Crippen LogP contribution in [0.1, 0.15) is 31.4 Å². The fourth-order valence-corrected chi connectivity index (χ4v) is 2.69. The average Bonchev–Trinajstić information content (AvgIpc) is 2.70. The normalized spacial score (nSPS) is 12.8. The van der Waals surface area contributed by atoms with Gasteiger partial charge in [-0.3, -0.25) is 14.9 Å². The fourth-order valence-electron chi connectivity index (χ4n) is 2.69. The molecule has 0 heterocycles. The zero-order chi connectivity index (χ0) is 19.5. The molecule has 1 N–H and O–H groups in total. The van der Waals surface area contributed by atoms with Crippen molar-refractivity contribution in [3.63, 3.8) is 0 Å². The summed E-state index contributed by atoms with van der Waals surface area (Å²) in [4.78, 5) is 24.5. The molecule has 27 heavy (non-hydrogen) atoms. The van der Waals surface area contributed by atoms with Crippen LogP contribution in [0.4, 0.5) is 0 Å². The van der Waals surface area contributed by atoms with E-state index in [0.29, 0.717) is 19.4 Å². The molecular weight excluding hydrogens is 342 g/mol. The smallest absolute Gasteiger partial charge is 0.323 e. The van der Waals surface area contributed by atoms with Crippen LogP contribution < -0.4 is 5.32 Å². The summed E-state index contributed by atoms with van der Waals surface area (Å²) in [6.45, 7) is 3.97. The molecule has 0 aliphatic heterocycles. The zero-order valence-corrected chi connectivity index (χ0v) is 15.9. The summed E-state index contributed by atoms with van der Waals surface area (Å²) >= 11 is 0. The van der Waals surface area contributed by atoms with E-state index in [4.69, 9.17) is 9.47 Å². The highest BCUT2D eigenvalue weighted by atomic mass is 16.5. The standard InChI is InChI=1S/C22H27NO4/c1-3-26-22(25)20(15-14-18-10-6-4-7-11-18)23-17(2)21(24)27-16-19-12-8-5-9-13-19/h4-13,17,20,23H,3,14-16H2,1-2H3/t17-,20+/m1/s1. The number of carbonyl (C=O) groups is 2. The molecule has 2 aromatic rings. The van der Waals surface area contributed by atoms with Gasteiger partial charge in [0.1, 0.15) is 18.7 Å². The maximum absolute atomic E-state index is 12.3. The Morgan fingerprint density at radius 1 is 0.889 bits per heavy atom. The summed E-state index contributed by atoms with van der Waals surface area (Å²) < 4.78 is 10.5. The minimum absolute atomic E-state index is 0.208. The Hall–Kier alpha value is -2.66. The first-order valence-corrected chi connectivity index (χ1v) is 9.27. The molecule has 0 amide bonds. The zero-order valence-electron chi connectivity index (χ0n) is 15.9. The number of carbonyl (C=O) groups excluding carboxylic acids is 2. The van der Waals surface area contributed by atoms with Crippen molar-refractivity contribution < 1.29 is 19.1 Å². The maximum Gasteiger partial charge on any atom is 0.323 e. The van der Waals surface area contributed by atoms with Crippen LogP contribution in [0.15, 0.2) is 60.7 Å². The fraction of sp³-hybridized carbons (Fsp3) is 0.364. The topological polar surface area (TPSA) is 64.6 Å². The van der Waals surface area contributed by atoms with Crippen molar-refractivity contribution in [3.05, 3.63) is 71.8 Å². The van der Waals surface area contributed by atoms with E-state index in [-0.39, 0.29) is 12.6 Å². The van der Waals surface area contributed by atoms with Crippen LogP contribution in [0.2, 0.25) is 0 Å². The molecule has 0 aromatic heterocycles. The number of esters is 2. The molecule has 0 aliphatic rings. The van der Waals surface area contributed by atoms with Crippen molar-refractivity contribution in [1.29, 1.82) is 0 Å². The lowest BCUT2D eigenvalue weighted by molar-refractivity contribution is -0.149. The molecule has 0 radical (unpaired) electrons. The van der Waals surface area contributed by atoms with E-state index in [9.17, 15) is 9.59 Å². The Balaban J connectivity index is 1.89. The molecule has 0 saturated carbocycles. The Morgan fingerprint density at radius 3 is 2.07 bits per heavy atom. The molecular formula is C22H27NO4. The Kier molecular flexibility index (Phi) is 8.52. The molecule has 5 heteroatoms. The molecule has 144 valence electrons. The number of hydrogen-bond donors (Lipinski definition) is 1. The first kappa shape index (κ1) is 20.6. The van der Waals surface area contributed by atoms with Crippen LogP contribution in [0, 0.1) is 0 Å². The van der Waals surface area contributed by atoms with Gasteiger partial charge in [-0.15, -0.1) is 0 Å². The van der Waals surface area contributed by atoms with Gasteiger partial charge < -0.3 is 9.47 Å². The minimum Gasteiger partial charge on any atom is -0.465 e. The number of benzene rings is 2. The van der Waals surface area contributed by atoms with Crippen molar-refractivity contribution >= 4 is 11.9 Å². The van der Waals surface area contributed by atoms with Crippen molar-refractivity contribution in [2.75, 3.05) is 6.61 Å². The van der Waals surface area contributed by atoms with Gasteiger partial charge in [-0.05, 0) is 37.8 Å². The van der Waals surface area contributed by atoms with Crippen LogP contribution in [0.5, 0.6) is 0 Å². The van der Waals surface area contributed by atoms with E-state index in [1.807, 2.05) is 60.7 Å². The molecule has 0 unspecified atom stereocenters. The number of nitrogens with one attached hydrogen (secondary N) is 1. The number of hydrogen-bond acceptors (Lipinski definition) is 5. The van der Waals surface area contributed by atoms with Crippen LogP contribution in [0.3, 0.4) is 0 Å². The van der Waals surface area contributed by atoms with Crippen molar-refractivity contribution in [2.24, 2.45) is 0 Å². The van der Waals surface area contributed by atoms with E-state index >= 15 is 0 Å². The van der Waals surface area contributed by atoms with Crippen molar-refractivity contribution in [2.45, 2.75) is 45.4 Å². The molecule has 0 fully saturated rings. The van der Waals surface area contributed by atoms with Gasteiger partial charge in [-0.2, -0.15) is 0 Å². The van der Waals surface area contributed by atoms with Gasteiger partial charge in [0.2, 0.25) is 0 Å². The second-order valence-corrected chi connectivity index (χ2v) is 6.31. The van der Waals surface area contributed by atoms with Gasteiger partial charge in [0.15, 0.2) is 0 Å². The highest BCUT2D eigenvalue weighted by Crippen LogP contribution is 2.08. The van der Waals surface area contributed by atoms with E-state index < -0.39 is 18.1 Å². The number of aryl methyl sites for hydroxylation is 1. The van der Waals surface area contributed by atoms with E-state index in [1.165, 1.54) is 0 Å². The average molecular weight is 369 g/mol. The first-order chi connectivity index (χ1) is 13.1. The molecule has 0 spiro atoms. The third-order valence-electron chi connectivity index (χ3n) is 4.16. The van der Waals surface area contributed by atoms with Crippen LogP contribution in [-0.2, 0) is 32.1 Å². The van der Waals surface area contributed by atoms with E-state index in [1.54, 1.807) is 13.8 Å². The summed E-state index contributed by atoms with van der Waals surface area (Å²) in [6, 6.07) is 18.2. The molecule has 2 aromatic carbocycles. The third kappa shape index (κ3) is 7.23. The lowest BCUT2D eigenvalue weighted by Crippen LogP contribution is -2.47. The summed E-state index contributed by atoms with van der Waals surface area (Å²) in [6.07, 6.45) is 1.25. The van der Waals surface area contributed by atoms with Gasteiger partial charge in [-0.25, -0.2) is 0 Å². The van der Waals surface area contributed by atoms with Gasteiger partial charge in [0.25, 0.3) is 0 Å². The first-order valence-electron chi connectivity index (χ1n) is 9.27. The van der Waals surface area contributed by atoms with Crippen LogP contribution in [-0.4, -0.2) is 30.6 Å². The van der Waals surface area contributed by atoms with Gasteiger partial charge in [0, 0.05) is 0 Å². The molecule has 0 bridgehead atoms. The lowest BCUT2D eigenvalue weighted by Gasteiger charge is -2.21. The predicted molar refractivity (Wildman–Crippen MR) is 104 cm³/mol. The van der Waals surface area contributed by atoms with E-state index in [2.05, 4.69) is 5.32 Å². The van der Waals surface area contributed by atoms with Crippen molar-refractivity contribution in [3.8, 4) is 0 Å². The minimum atomic E-state index is -0.612. The Bertz CT molecular complexity index is 703. The summed E-state index contributed by atoms with van der Waals surface area (Å²) in [7, 11) is 0. The lowest BCUT2D eigenvalue weighted by atomic mass is 10.0. The van der Waals surface area contributed by atoms with E-state index in [0.717, 1.165) is 11.1 Å². The predicted octanol–water partition coefficient (Wildman–Crippen LogP) is 3.27. The molecule has 2 atom stereocenters. The number of ether oxygens (including phenoxy) is 2. The van der Waals surface area contributed by atoms with Crippen LogP contribution in [0.25, 0.3) is 0 Å². The highest BCUT2D eigenvalue weighted by molar-refractivity contribution is 5.79. The second kappa shape index (κ2) is 11.1. The second-order valence-electron chi connectivity index (χ2n) is 6.31. The largest absolute Gasteiger partial charge is 0.465 e. The van der Waals surface area contributed by atoms with Crippen LogP contribution >= 0.6 is 0 Å². The van der Waals surface area contributed by atoms with Gasteiger partial charge in [0.05, 0.1) is 6.61 Å². The summed E-state index contributed by atoms with van der Waals surface area (Å²) in [5.74, 6) is -0.746. The Morgan fingerprint density at radius 2 is 1.48 bits per heavy atom. The van der Waals surface area contributed by atoms with Gasteiger partial charge in [-0.1, -0.05) is 60.7 Å². The van der Waals surface area contributed by atoms with Crippen molar-refractivity contribution in [1.82, 2.24) is 5.32 Å². The maximum atomic E-state index is 12.3. The molecule has 0 saturated heterocycles. The summed E-state index contributed by atoms with van der Waals surface area (Å²) in [5, 5.41) is 3.06. The van der Waals surface area contributed by atoms with Gasteiger partial charge >= 0.3 is 11.9 Å². The Labute approximate surface area is 160 Å². The summed E-state index contributed by atoms with van der Waals surface area (Å²) in [5.41, 5.74) is 2.05. The molecule has 0 aliphatic carbocycles. The SMILES string of the molecule is CCOC(=O)[C@H](CCc1ccccc1)N[C@H](C)C(=O)OCc1ccccc1. The molecule has 5 nitrogen and oxygen atoms in total. The number of rotatable bonds is 10. The highest BCUT2D eigenvalue weighted by Gasteiger charge is 2.25.